The van der Waals surface area contributed by atoms with Crippen molar-refractivity contribution in [2.45, 2.75) is 19.6 Å². The van der Waals surface area contributed by atoms with Crippen molar-refractivity contribution in [3.05, 3.63) is 45.5 Å². The van der Waals surface area contributed by atoms with Crippen LogP contribution in [0.3, 0.4) is 0 Å². The van der Waals surface area contributed by atoms with Crippen LogP contribution in [0.5, 0.6) is 0 Å². The third-order valence-electron chi connectivity index (χ3n) is 2.32. The van der Waals surface area contributed by atoms with Crippen LogP contribution in [0.15, 0.2) is 21.3 Å². The second kappa shape index (κ2) is 5.38. The number of hydrogen-bond donors (Lipinski definition) is 2. The van der Waals surface area contributed by atoms with Crippen molar-refractivity contribution in [3.63, 3.8) is 0 Å². The first-order valence-electron chi connectivity index (χ1n) is 5.64. The molecule has 0 aromatic carbocycles. The Morgan fingerprint density at radius 2 is 2.14 bits per heavy atom. The number of halogens is 3. The summed E-state index contributed by atoms with van der Waals surface area (Å²) >= 11 is 0. The fourth-order valence-corrected chi connectivity index (χ4v) is 1.47. The lowest BCUT2D eigenvalue weighted by molar-refractivity contribution is -0.144. The topological polar surface area (TPSA) is 101 Å². The van der Waals surface area contributed by atoms with Crippen LogP contribution in [0.1, 0.15) is 28.0 Å². The van der Waals surface area contributed by atoms with Gasteiger partial charge in [0, 0.05) is 12.1 Å². The SMILES string of the molecule is Cc1cc(=O)cc(C(=O)NCc2nc(C(F)(F)F)n[nH]2)o1. The first kappa shape index (κ1) is 14.8. The molecule has 112 valence electrons. The van der Waals surface area contributed by atoms with Crippen LogP contribution in [0.4, 0.5) is 13.2 Å². The molecule has 0 saturated heterocycles. The molecule has 2 rings (SSSR count). The number of carbonyl (C=O) groups excluding carboxylic acids is 1. The van der Waals surface area contributed by atoms with Gasteiger partial charge in [0.2, 0.25) is 0 Å². The number of H-pyrrole nitrogens is 1. The molecular formula is C11H9F3N4O3. The molecule has 0 aliphatic rings. The van der Waals surface area contributed by atoms with E-state index < -0.39 is 23.3 Å². The van der Waals surface area contributed by atoms with Crippen molar-refractivity contribution in [1.29, 1.82) is 0 Å². The minimum atomic E-state index is -4.66. The normalized spacial score (nSPS) is 11.4. The van der Waals surface area contributed by atoms with Gasteiger partial charge in [-0.15, -0.1) is 5.10 Å². The summed E-state index contributed by atoms with van der Waals surface area (Å²) in [6.07, 6.45) is -4.66. The minimum absolute atomic E-state index is 0.175. The smallest absolute Gasteiger partial charge is 0.453 e. The van der Waals surface area contributed by atoms with E-state index >= 15 is 0 Å². The third-order valence-corrected chi connectivity index (χ3v) is 2.32. The van der Waals surface area contributed by atoms with E-state index in [1.807, 2.05) is 0 Å². The first-order chi connectivity index (χ1) is 9.75. The zero-order valence-electron chi connectivity index (χ0n) is 10.6. The lowest BCUT2D eigenvalue weighted by atomic mass is 10.3. The number of aromatic nitrogens is 3. The first-order valence-corrected chi connectivity index (χ1v) is 5.64. The fraction of sp³-hybridized carbons (Fsp3) is 0.273. The van der Waals surface area contributed by atoms with E-state index in [-0.39, 0.29) is 23.9 Å². The Balaban J connectivity index is 2.04. The maximum Gasteiger partial charge on any atom is 0.453 e. The molecule has 0 aliphatic heterocycles. The molecule has 0 fully saturated rings. The summed E-state index contributed by atoms with van der Waals surface area (Å²) in [5, 5.41) is 7.30. The Hall–Kier alpha value is -2.65. The number of nitrogens with zero attached hydrogens (tertiary/aromatic N) is 2. The number of hydrogen-bond acceptors (Lipinski definition) is 5. The molecule has 2 aromatic heterocycles. The predicted octanol–water partition coefficient (Wildman–Crippen LogP) is 1.02. The standard InChI is InChI=1S/C11H9F3N4O3/c1-5-2-6(19)3-7(21-5)9(20)15-4-8-16-10(18-17-8)11(12,13)14/h2-3H,4H2,1H3,(H,15,20)(H,16,17,18). The zero-order valence-corrected chi connectivity index (χ0v) is 10.6. The van der Waals surface area contributed by atoms with Gasteiger partial charge in [0.15, 0.2) is 11.2 Å². The van der Waals surface area contributed by atoms with Crippen molar-refractivity contribution in [2.75, 3.05) is 0 Å². The summed E-state index contributed by atoms with van der Waals surface area (Å²) < 4.78 is 41.8. The van der Waals surface area contributed by atoms with E-state index in [0.717, 1.165) is 6.07 Å². The Morgan fingerprint density at radius 1 is 1.43 bits per heavy atom. The van der Waals surface area contributed by atoms with Gasteiger partial charge in [-0.05, 0) is 6.92 Å². The Labute approximate surface area is 115 Å². The summed E-state index contributed by atoms with van der Waals surface area (Å²) in [6.45, 7) is 1.17. The molecule has 0 bridgehead atoms. The van der Waals surface area contributed by atoms with E-state index in [1.165, 1.54) is 13.0 Å². The molecule has 0 spiro atoms. The second-order valence-corrected chi connectivity index (χ2v) is 4.05. The van der Waals surface area contributed by atoms with E-state index in [9.17, 15) is 22.8 Å². The quantitative estimate of drug-likeness (QED) is 0.881. The highest BCUT2D eigenvalue weighted by Gasteiger charge is 2.36. The number of rotatable bonds is 3. The molecule has 2 N–H and O–H groups in total. The van der Waals surface area contributed by atoms with Crippen LogP contribution >= 0.6 is 0 Å². The van der Waals surface area contributed by atoms with Crippen LogP contribution in [0.25, 0.3) is 0 Å². The largest absolute Gasteiger partial charge is 0.456 e. The van der Waals surface area contributed by atoms with E-state index in [0.29, 0.717) is 0 Å². The highest BCUT2D eigenvalue weighted by Crippen LogP contribution is 2.25. The van der Waals surface area contributed by atoms with Gasteiger partial charge in [-0.1, -0.05) is 0 Å². The molecule has 0 saturated carbocycles. The van der Waals surface area contributed by atoms with Gasteiger partial charge in [-0.3, -0.25) is 14.7 Å². The highest BCUT2D eigenvalue weighted by molar-refractivity contribution is 5.91. The number of nitrogens with one attached hydrogen (secondary N) is 2. The molecule has 0 unspecified atom stereocenters. The Morgan fingerprint density at radius 3 is 2.71 bits per heavy atom. The Bertz CT molecular complexity index is 720. The van der Waals surface area contributed by atoms with E-state index in [1.54, 1.807) is 0 Å². The van der Waals surface area contributed by atoms with Crippen molar-refractivity contribution < 1.29 is 22.4 Å². The average Bonchev–Trinajstić information content (AvgIpc) is 2.83. The monoisotopic (exact) mass is 302 g/mol. The molecule has 0 atom stereocenters. The minimum Gasteiger partial charge on any atom is -0.456 e. The van der Waals surface area contributed by atoms with Crippen LogP contribution < -0.4 is 10.7 Å². The summed E-state index contributed by atoms with van der Waals surface area (Å²) in [5.74, 6) is -2.25. The maximum atomic E-state index is 12.3. The zero-order chi connectivity index (χ0) is 15.6. The second-order valence-electron chi connectivity index (χ2n) is 4.05. The van der Waals surface area contributed by atoms with Crippen LogP contribution in [-0.2, 0) is 12.7 Å². The van der Waals surface area contributed by atoms with Gasteiger partial charge in [-0.2, -0.15) is 13.2 Å². The summed E-state index contributed by atoms with van der Waals surface area (Å²) in [6, 6.07) is 2.17. The predicted molar refractivity (Wildman–Crippen MR) is 62.3 cm³/mol. The fourth-order valence-electron chi connectivity index (χ4n) is 1.47. The van der Waals surface area contributed by atoms with Crippen molar-refractivity contribution in [2.24, 2.45) is 0 Å². The molecule has 21 heavy (non-hydrogen) atoms. The number of aryl methyl sites for hydroxylation is 1. The average molecular weight is 302 g/mol. The highest BCUT2D eigenvalue weighted by atomic mass is 19.4. The molecular weight excluding hydrogens is 293 g/mol. The summed E-state index contributed by atoms with van der Waals surface area (Å²) in [5.41, 5.74) is -0.414. The van der Waals surface area contributed by atoms with Gasteiger partial charge >= 0.3 is 6.18 Å². The molecule has 2 heterocycles. The molecule has 0 aliphatic carbocycles. The lowest BCUT2D eigenvalue weighted by Gasteiger charge is -2.02. The molecule has 0 radical (unpaired) electrons. The third kappa shape index (κ3) is 3.68. The Kier molecular flexibility index (Phi) is 3.78. The lowest BCUT2D eigenvalue weighted by Crippen LogP contribution is -2.24. The van der Waals surface area contributed by atoms with Crippen LogP contribution in [0.2, 0.25) is 0 Å². The number of carbonyl (C=O) groups is 1. The van der Waals surface area contributed by atoms with Gasteiger partial charge in [0.1, 0.15) is 11.6 Å². The molecule has 1 amide bonds. The van der Waals surface area contributed by atoms with Crippen molar-refractivity contribution in [3.8, 4) is 0 Å². The maximum absolute atomic E-state index is 12.3. The van der Waals surface area contributed by atoms with E-state index in [4.69, 9.17) is 4.42 Å². The van der Waals surface area contributed by atoms with Crippen LogP contribution in [0, 0.1) is 6.92 Å². The summed E-state index contributed by atoms with van der Waals surface area (Å²) in [4.78, 5) is 26.1. The van der Waals surface area contributed by atoms with E-state index in [2.05, 4.69) is 20.5 Å². The summed E-state index contributed by atoms with van der Waals surface area (Å²) in [7, 11) is 0. The number of alkyl halides is 3. The van der Waals surface area contributed by atoms with Gasteiger partial charge in [-0.25, -0.2) is 4.98 Å². The van der Waals surface area contributed by atoms with Gasteiger partial charge in [0.05, 0.1) is 6.54 Å². The van der Waals surface area contributed by atoms with Gasteiger partial charge in [0.25, 0.3) is 11.7 Å². The molecule has 7 nitrogen and oxygen atoms in total. The van der Waals surface area contributed by atoms with Gasteiger partial charge < -0.3 is 9.73 Å². The van der Waals surface area contributed by atoms with Crippen molar-refractivity contribution in [1.82, 2.24) is 20.5 Å². The van der Waals surface area contributed by atoms with Crippen molar-refractivity contribution >= 4 is 5.91 Å². The van der Waals surface area contributed by atoms with Crippen LogP contribution in [-0.4, -0.2) is 21.1 Å². The number of amides is 1. The molecule has 2 aromatic rings. The molecule has 10 heteroatoms. The number of aromatic amines is 1.